The van der Waals surface area contributed by atoms with E-state index in [2.05, 4.69) is 5.32 Å². The first kappa shape index (κ1) is 18.8. The molecule has 1 aromatic carbocycles. The number of nitrogens with zero attached hydrogens (tertiary/aromatic N) is 1. The summed E-state index contributed by atoms with van der Waals surface area (Å²) < 4.78 is 16.4. The maximum absolute atomic E-state index is 12.6. The van der Waals surface area contributed by atoms with Gasteiger partial charge in [0.15, 0.2) is 0 Å². The van der Waals surface area contributed by atoms with Gasteiger partial charge in [-0.2, -0.15) is 0 Å². The van der Waals surface area contributed by atoms with Gasteiger partial charge in [-0.15, -0.1) is 0 Å². The largest absolute Gasteiger partial charge is 0.497 e. The number of hydrogen-bond donors (Lipinski definition) is 1. The predicted molar refractivity (Wildman–Crippen MR) is 99.8 cm³/mol. The summed E-state index contributed by atoms with van der Waals surface area (Å²) in [5, 5.41) is 3.03. The van der Waals surface area contributed by atoms with Gasteiger partial charge in [0.2, 0.25) is 0 Å². The molecule has 3 rings (SSSR count). The number of rotatable bonds is 9. The molecule has 1 heterocycles. The van der Waals surface area contributed by atoms with Crippen molar-refractivity contribution >= 4 is 6.03 Å². The number of urea groups is 1. The summed E-state index contributed by atoms with van der Waals surface area (Å²) in [5.41, 5.74) is 1.04. The van der Waals surface area contributed by atoms with Crippen molar-refractivity contribution in [3.63, 3.8) is 0 Å². The van der Waals surface area contributed by atoms with Gasteiger partial charge in [-0.1, -0.05) is 0 Å². The van der Waals surface area contributed by atoms with E-state index in [0.29, 0.717) is 13.2 Å². The van der Waals surface area contributed by atoms with E-state index < -0.39 is 0 Å². The molecular formula is C20H30N2O4. The van der Waals surface area contributed by atoms with Gasteiger partial charge in [-0.05, 0) is 50.2 Å². The molecule has 1 aliphatic carbocycles. The van der Waals surface area contributed by atoms with Gasteiger partial charge < -0.3 is 24.4 Å². The molecule has 2 fully saturated rings. The SMILES string of the molecule is COc1ccc(C2CCCN2C(=O)NCCCOCC2CC2)c(OC)c1. The highest BCUT2D eigenvalue weighted by molar-refractivity contribution is 5.75. The van der Waals surface area contributed by atoms with Gasteiger partial charge in [-0.3, -0.25) is 0 Å². The molecule has 1 atom stereocenters. The van der Waals surface area contributed by atoms with Crippen LogP contribution in [0.3, 0.4) is 0 Å². The topological polar surface area (TPSA) is 60.0 Å². The maximum Gasteiger partial charge on any atom is 0.317 e. The third-order valence-corrected chi connectivity index (χ3v) is 5.11. The fraction of sp³-hybridized carbons (Fsp3) is 0.650. The first-order valence-electron chi connectivity index (χ1n) is 9.57. The van der Waals surface area contributed by atoms with Crippen LogP contribution in [0.25, 0.3) is 0 Å². The van der Waals surface area contributed by atoms with Crippen LogP contribution in [0, 0.1) is 5.92 Å². The minimum atomic E-state index is -0.00689. The van der Waals surface area contributed by atoms with E-state index >= 15 is 0 Å². The van der Waals surface area contributed by atoms with E-state index in [0.717, 1.165) is 55.4 Å². The molecule has 2 amide bonds. The van der Waals surface area contributed by atoms with Crippen LogP contribution in [0.5, 0.6) is 11.5 Å². The van der Waals surface area contributed by atoms with Crippen molar-refractivity contribution in [2.45, 2.75) is 38.1 Å². The van der Waals surface area contributed by atoms with Crippen molar-refractivity contribution < 1.29 is 19.0 Å². The van der Waals surface area contributed by atoms with Crippen molar-refractivity contribution in [2.75, 3.05) is 40.5 Å². The average Bonchev–Trinajstić information content (AvgIpc) is 3.37. The first-order valence-corrected chi connectivity index (χ1v) is 9.57. The molecule has 6 heteroatoms. The Balaban J connectivity index is 1.51. The number of nitrogens with one attached hydrogen (secondary N) is 1. The lowest BCUT2D eigenvalue weighted by atomic mass is 10.0. The molecule has 0 aromatic heterocycles. The molecule has 144 valence electrons. The second-order valence-electron chi connectivity index (χ2n) is 7.06. The van der Waals surface area contributed by atoms with Gasteiger partial charge in [0.25, 0.3) is 0 Å². The Hall–Kier alpha value is -1.95. The molecule has 1 saturated heterocycles. The van der Waals surface area contributed by atoms with Crippen molar-refractivity contribution in [3.8, 4) is 11.5 Å². The van der Waals surface area contributed by atoms with Crippen LogP contribution in [0.1, 0.15) is 43.7 Å². The van der Waals surface area contributed by atoms with Gasteiger partial charge in [0.1, 0.15) is 11.5 Å². The Bertz CT molecular complexity index is 603. The molecule has 1 N–H and O–H groups in total. The van der Waals surface area contributed by atoms with Gasteiger partial charge in [0.05, 0.1) is 20.3 Å². The fourth-order valence-electron chi connectivity index (χ4n) is 3.43. The molecule has 1 aromatic rings. The van der Waals surface area contributed by atoms with Crippen LogP contribution in [-0.4, -0.2) is 51.5 Å². The lowest BCUT2D eigenvalue weighted by Gasteiger charge is -2.26. The predicted octanol–water partition coefficient (Wildman–Crippen LogP) is 3.37. The number of methoxy groups -OCH3 is 2. The summed E-state index contributed by atoms with van der Waals surface area (Å²) in [6.45, 7) is 3.00. The molecule has 2 aliphatic rings. The quantitative estimate of drug-likeness (QED) is 0.684. The highest BCUT2D eigenvalue weighted by Crippen LogP contribution is 2.38. The second-order valence-corrected chi connectivity index (χ2v) is 7.06. The Morgan fingerprint density at radius 1 is 1.23 bits per heavy atom. The highest BCUT2D eigenvalue weighted by atomic mass is 16.5. The molecule has 6 nitrogen and oxygen atoms in total. The summed E-state index contributed by atoms with van der Waals surface area (Å²) in [6.07, 6.45) is 5.41. The summed E-state index contributed by atoms with van der Waals surface area (Å²) in [4.78, 5) is 14.5. The van der Waals surface area contributed by atoms with Crippen LogP contribution in [-0.2, 0) is 4.74 Å². The van der Waals surface area contributed by atoms with Crippen molar-refractivity contribution in [1.29, 1.82) is 0 Å². The van der Waals surface area contributed by atoms with Crippen LogP contribution in [0.15, 0.2) is 18.2 Å². The van der Waals surface area contributed by atoms with E-state index in [1.54, 1.807) is 14.2 Å². The van der Waals surface area contributed by atoms with Crippen LogP contribution in [0.2, 0.25) is 0 Å². The molecular weight excluding hydrogens is 332 g/mol. The van der Waals surface area contributed by atoms with E-state index in [9.17, 15) is 4.79 Å². The Morgan fingerprint density at radius 2 is 2.08 bits per heavy atom. The van der Waals surface area contributed by atoms with Crippen LogP contribution >= 0.6 is 0 Å². The number of ether oxygens (including phenoxy) is 3. The first-order chi connectivity index (χ1) is 12.7. The lowest BCUT2D eigenvalue weighted by molar-refractivity contribution is 0.121. The smallest absolute Gasteiger partial charge is 0.317 e. The molecule has 0 spiro atoms. The standard InChI is InChI=1S/C20H30N2O4/c1-24-16-8-9-17(19(13-16)25-2)18-5-3-11-22(18)20(23)21-10-4-12-26-14-15-6-7-15/h8-9,13,15,18H,3-7,10-12,14H2,1-2H3,(H,21,23). The lowest BCUT2D eigenvalue weighted by Crippen LogP contribution is -2.40. The molecule has 0 bridgehead atoms. The average molecular weight is 362 g/mol. The van der Waals surface area contributed by atoms with Crippen molar-refractivity contribution in [1.82, 2.24) is 10.2 Å². The van der Waals surface area contributed by atoms with Gasteiger partial charge in [0, 0.05) is 37.9 Å². The van der Waals surface area contributed by atoms with Crippen LogP contribution in [0.4, 0.5) is 4.79 Å². The Morgan fingerprint density at radius 3 is 2.81 bits per heavy atom. The zero-order valence-corrected chi connectivity index (χ0v) is 15.8. The summed E-state index contributed by atoms with van der Waals surface area (Å²) >= 11 is 0. The highest BCUT2D eigenvalue weighted by Gasteiger charge is 2.31. The van der Waals surface area contributed by atoms with E-state index in [4.69, 9.17) is 14.2 Å². The minimum Gasteiger partial charge on any atom is -0.497 e. The van der Waals surface area contributed by atoms with Gasteiger partial charge in [-0.25, -0.2) is 4.79 Å². The molecule has 0 radical (unpaired) electrons. The van der Waals surface area contributed by atoms with Crippen LogP contribution < -0.4 is 14.8 Å². The maximum atomic E-state index is 12.6. The number of carbonyl (C=O) groups excluding carboxylic acids is 1. The van der Waals surface area contributed by atoms with Crippen molar-refractivity contribution in [3.05, 3.63) is 23.8 Å². The molecule has 1 aliphatic heterocycles. The molecule has 26 heavy (non-hydrogen) atoms. The fourth-order valence-corrected chi connectivity index (χ4v) is 3.43. The van der Waals surface area contributed by atoms with Crippen molar-refractivity contribution in [2.24, 2.45) is 5.92 Å². The number of hydrogen-bond acceptors (Lipinski definition) is 4. The zero-order valence-electron chi connectivity index (χ0n) is 15.8. The Kier molecular flexibility index (Phi) is 6.61. The second kappa shape index (κ2) is 9.12. The minimum absolute atomic E-state index is 0.00689. The summed E-state index contributed by atoms with van der Waals surface area (Å²) in [6, 6.07) is 5.83. The number of likely N-dealkylation sites (tertiary alicyclic amines) is 1. The summed E-state index contributed by atoms with van der Waals surface area (Å²) in [5.74, 6) is 2.31. The molecule has 1 unspecified atom stereocenters. The van der Waals surface area contributed by atoms with E-state index in [1.807, 2.05) is 23.1 Å². The molecule has 1 saturated carbocycles. The Labute approximate surface area is 155 Å². The number of amides is 2. The third kappa shape index (κ3) is 4.81. The zero-order chi connectivity index (χ0) is 18.4. The normalized spacial score (nSPS) is 19.5. The van der Waals surface area contributed by atoms with E-state index in [-0.39, 0.29) is 12.1 Å². The van der Waals surface area contributed by atoms with Gasteiger partial charge >= 0.3 is 6.03 Å². The number of carbonyl (C=O) groups is 1. The summed E-state index contributed by atoms with van der Waals surface area (Å²) in [7, 11) is 3.29. The third-order valence-electron chi connectivity index (χ3n) is 5.11. The van der Waals surface area contributed by atoms with E-state index in [1.165, 1.54) is 12.8 Å². The number of benzene rings is 1. The monoisotopic (exact) mass is 362 g/mol.